The molecule has 0 bridgehead atoms. The number of hydrogen-bond acceptors (Lipinski definition) is 1. The van der Waals surface area contributed by atoms with E-state index in [-0.39, 0.29) is 0 Å². The van der Waals surface area contributed by atoms with Gasteiger partial charge in [-0.1, -0.05) is 38.1 Å². The molecule has 1 aromatic rings. The normalized spacial score (nSPS) is 27.5. The minimum atomic E-state index is 0.649. The monoisotopic (exact) mass is 229 g/mol. The van der Waals surface area contributed by atoms with Crippen LogP contribution in [0.2, 0.25) is 0 Å². The van der Waals surface area contributed by atoms with Crippen LogP contribution in [0.15, 0.2) is 24.3 Å². The molecule has 2 atom stereocenters. The fraction of sp³-hybridized carbons (Fsp3) is 0.625. The van der Waals surface area contributed by atoms with Crippen LogP contribution in [0.4, 0.5) is 0 Å². The van der Waals surface area contributed by atoms with Gasteiger partial charge in [-0.15, -0.1) is 0 Å². The summed E-state index contributed by atoms with van der Waals surface area (Å²) in [7, 11) is 0. The summed E-state index contributed by atoms with van der Waals surface area (Å²) in [6.45, 7) is 5.75. The molecule has 0 aromatic heterocycles. The molecule has 92 valence electrons. The second-order valence-electron chi connectivity index (χ2n) is 6.11. The summed E-state index contributed by atoms with van der Waals surface area (Å²) in [4.78, 5) is 0. The lowest BCUT2D eigenvalue weighted by Crippen LogP contribution is -2.19. The SMILES string of the molecule is CC(C)c1ccc(C2CC2CNC2CC2)cc1. The van der Waals surface area contributed by atoms with Crippen molar-refractivity contribution < 1.29 is 0 Å². The van der Waals surface area contributed by atoms with Gasteiger partial charge in [0.2, 0.25) is 0 Å². The first-order chi connectivity index (χ1) is 8.24. The molecule has 2 aliphatic rings. The maximum absolute atomic E-state index is 3.65. The molecule has 0 radical (unpaired) electrons. The third-order valence-corrected chi connectivity index (χ3v) is 4.20. The van der Waals surface area contributed by atoms with E-state index in [0.29, 0.717) is 5.92 Å². The van der Waals surface area contributed by atoms with E-state index in [1.807, 2.05) is 0 Å². The largest absolute Gasteiger partial charge is 0.314 e. The second-order valence-corrected chi connectivity index (χ2v) is 6.11. The molecule has 1 nitrogen and oxygen atoms in total. The molecule has 2 fully saturated rings. The standard InChI is InChI=1S/C16H23N/c1-11(2)12-3-5-13(6-4-12)16-9-14(16)10-17-15-7-8-15/h3-6,11,14-17H,7-10H2,1-2H3. The lowest BCUT2D eigenvalue weighted by atomic mass is 10.00. The van der Waals surface area contributed by atoms with Gasteiger partial charge in [0.1, 0.15) is 0 Å². The van der Waals surface area contributed by atoms with Gasteiger partial charge in [-0.2, -0.15) is 0 Å². The molecule has 3 rings (SSSR count). The van der Waals surface area contributed by atoms with Crippen LogP contribution in [0.1, 0.15) is 56.1 Å². The highest BCUT2D eigenvalue weighted by Crippen LogP contribution is 2.47. The highest BCUT2D eigenvalue weighted by molar-refractivity contribution is 5.30. The molecule has 0 heterocycles. The van der Waals surface area contributed by atoms with Gasteiger partial charge < -0.3 is 5.32 Å². The van der Waals surface area contributed by atoms with E-state index in [1.54, 1.807) is 5.56 Å². The molecule has 2 aliphatic carbocycles. The van der Waals surface area contributed by atoms with Gasteiger partial charge in [-0.05, 0) is 54.7 Å². The minimum absolute atomic E-state index is 0.649. The van der Waals surface area contributed by atoms with Gasteiger partial charge in [-0.25, -0.2) is 0 Å². The Morgan fingerprint density at radius 3 is 2.47 bits per heavy atom. The number of rotatable bonds is 5. The van der Waals surface area contributed by atoms with Crippen molar-refractivity contribution >= 4 is 0 Å². The summed E-state index contributed by atoms with van der Waals surface area (Å²) in [5.41, 5.74) is 3.01. The Bertz CT molecular complexity index is 375. The smallest absolute Gasteiger partial charge is 0.00683 e. The summed E-state index contributed by atoms with van der Waals surface area (Å²) in [5, 5.41) is 3.65. The second kappa shape index (κ2) is 4.45. The molecule has 1 heteroatoms. The average molecular weight is 229 g/mol. The molecule has 0 amide bonds. The van der Waals surface area contributed by atoms with Gasteiger partial charge >= 0.3 is 0 Å². The van der Waals surface area contributed by atoms with Crippen molar-refractivity contribution in [3.8, 4) is 0 Å². The number of hydrogen-bond donors (Lipinski definition) is 1. The summed E-state index contributed by atoms with van der Waals surface area (Å²) in [5.74, 6) is 2.39. The highest BCUT2D eigenvalue weighted by atomic mass is 15.0. The van der Waals surface area contributed by atoms with E-state index in [0.717, 1.165) is 17.9 Å². The van der Waals surface area contributed by atoms with E-state index in [4.69, 9.17) is 0 Å². The first kappa shape index (κ1) is 11.3. The third-order valence-electron chi connectivity index (χ3n) is 4.20. The maximum Gasteiger partial charge on any atom is 0.00683 e. The van der Waals surface area contributed by atoms with Gasteiger partial charge in [0.05, 0.1) is 0 Å². The van der Waals surface area contributed by atoms with Crippen molar-refractivity contribution in [2.75, 3.05) is 6.54 Å². The van der Waals surface area contributed by atoms with Crippen LogP contribution in [0.25, 0.3) is 0 Å². The molecule has 0 aliphatic heterocycles. The Kier molecular flexibility index (Phi) is 2.96. The maximum atomic E-state index is 3.65. The van der Waals surface area contributed by atoms with Crippen LogP contribution in [0.5, 0.6) is 0 Å². The van der Waals surface area contributed by atoms with Crippen LogP contribution in [-0.4, -0.2) is 12.6 Å². The average Bonchev–Trinajstić information content (AvgIpc) is 3.21. The van der Waals surface area contributed by atoms with E-state index in [1.165, 1.54) is 31.4 Å². The van der Waals surface area contributed by atoms with E-state index in [2.05, 4.69) is 43.4 Å². The summed E-state index contributed by atoms with van der Waals surface area (Å²) >= 11 is 0. The summed E-state index contributed by atoms with van der Waals surface area (Å²) in [6, 6.07) is 10.2. The number of nitrogens with one attached hydrogen (secondary N) is 1. The lowest BCUT2D eigenvalue weighted by molar-refractivity contribution is 0.624. The quantitative estimate of drug-likeness (QED) is 0.812. The van der Waals surface area contributed by atoms with E-state index >= 15 is 0 Å². The van der Waals surface area contributed by atoms with Crippen molar-refractivity contribution in [3.63, 3.8) is 0 Å². The first-order valence-corrected chi connectivity index (χ1v) is 7.07. The summed E-state index contributed by atoms with van der Waals surface area (Å²) < 4.78 is 0. The molecule has 1 aromatic carbocycles. The van der Waals surface area contributed by atoms with E-state index in [9.17, 15) is 0 Å². The van der Waals surface area contributed by atoms with Crippen molar-refractivity contribution in [2.45, 2.75) is 51.0 Å². The van der Waals surface area contributed by atoms with Crippen LogP contribution >= 0.6 is 0 Å². The Hall–Kier alpha value is -0.820. The van der Waals surface area contributed by atoms with Crippen LogP contribution in [0, 0.1) is 5.92 Å². The molecule has 2 saturated carbocycles. The van der Waals surface area contributed by atoms with E-state index < -0.39 is 0 Å². The van der Waals surface area contributed by atoms with Crippen LogP contribution in [-0.2, 0) is 0 Å². The third kappa shape index (κ3) is 2.71. The van der Waals surface area contributed by atoms with Gasteiger partial charge in [0.25, 0.3) is 0 Å². The fourth-order valence-electron chi connectivity index (χ4n) is 2.62. The van der Waals surface area contributed by atoms with Gasteiger partial charge in [0, 0.05) is 6.04 Å². The van der Waals surface area contributed by atoms with Gasteiger partial charge in [0.15, 0.2) is 0 Å². The fourth-order valence-corrected chi connectivity index (χ4v) is 2.62. The molecule has 2 unspecified atom stereocenters. The topological polar surface area (TPSA) is 12.0 Å². The molecule has 0 spiro atoms. The van der Waals surface area contributed by atoms with Crippen molar-refractivity contribution in [1.29, 1.82) is 0 Å². The molecule has 0 saturated heterocycles. The zero-order chi connectivity index (χ0) is 11.8. The molecular formula is C16H23N. The summed E-state index contributed by atoms with van der Waals surface area (Å²) in [6.07, 6.45) is 4.20. The first-order valence-electron chi connectivity index (χ1n) is 7.07. The zero-order valence-corrected chi connectivity index (χ0v) is 10.9. The Morgan fingerprint density at radius 1 is 1.18 bits per heavy atom. The Labute approximate surface area is 105 Å². The van der Waals surface area contributed by atoms with Crippen molar-refractivity contribution in [2.24, 2.45) is 5.92 Å². The lowest BCUT2D eigenvalue weighted by Gasteiger charge is -2.07. The predicted molar refractivity (Wildman–Crippen MR) is 72.4 cm³/mol. The number of benzene rings is 1. The van der Waals surface area contributed by atoms with Crippen molar-refractivity contribution in [1.82, 2.24) is 5.32 Å². The van der Waals surface area contributed by atoms with Crippen LogP contribution < -0.4 is 5.32 Å². The Morgan fingerprint density at radius 2 is 1.88 bits per heavy atom. The highest BCUT2D eigenvalue weighted by Gasteiger charge is 2.38. The Balaban J connectivity index is 1.54. The van der Waals surface area contributed by atoms with Crippen LogP contribution in [0.3, 0.4) is 0 Å². The molecule has 1 N–H and O–H groups in total. The minimum Gasteiger partial charge on any atom is -0.314 e. The van der Waals surface area contributed by atoms with Gasteiger partial charge in [-0.3, -0.25) is 0 Å². The van der Waals surface area contributed by atoms with Crippen molar-refractivity contribution in [3.05, 3.63) is 35.4 Å². The predicted octanol–water partition coefficient (Wildman–Crippen LogP) is 3.67. The zero-order valence-electron chi connectivity index (χ0n) is 10.9. The molecule has 17 heavy (non-hydrogen) atoms. The molecular weight excluding hydrogens is 206 g/mol.